The summed E-state index contributed by atoms with van der Waals surface area (Å²) in [6.45, 7) is 4.34. The number of benzene rings is 1. The summed E-state index contributed by atoms with van der Waals surface area (Å²) in [6, 6.07) is 11.2. The lowest BCUT2D eigenvalue weighted by Gasteiger charge is -2.10. The van der Waals surface area contributed by atoms with Gasteiger partial charge in [-0.3, -0.25) is 9.59 Å². The number of carbonyl (C=O) groups is 2. The summed E-state index contributed by atoms with van der Waals surface area (Å²) in [5.41, 5.74) is 0.937. The van der Waals surface area contributed by atoms with Crippen molar-refractivity contribution in [1.82, 2.24) is 5.32 Å². The average Bonchev–Trinajstić information content (AvgIpc) is 2.44. The first-order valence-electron chi connectivity index (χ1n) is 6.78. The zero-order valence-electron chi connectivity index (χ0n) is 11.9. The molecular weight excluding hydrogens is 252 g/mol. The van der Waals surface area contributed by atoms with Gasteiger partial charge in [0.15, 0.2) is 11.7 Å². The molecule has 0 spiro atoms. The van der Waals surface area contributed by atoms with Gasteiger partial charge in [-0.15, -0.1) is 0 Å². The van der Waals surface area contributed by atoms with E-state index in [0.29, 0.717) is 18.9 Å². The van der Waals surface area contributed by atoms with Crippen molar-refractivity contribution in [2.75, 3.05) is 0 Å². The Balaban J connectivity index is 2.51. The molecule has 0 radical (unpaired) electrons. The molecule has 1 atom stereocenters. The van der Waals surface area contributed by atoms with Gasteiger partial charge in [0, 0.05) is 13.0 Å². The number of amides is 1. The number of nitrogens with zero attached hydrogens (tertiary/aromatic N) is 1. The van der Waals surface area contributed by atoms with Crippen LogP contribution >= 0.6 is 0 Å². The van der Waals surface area contributed by atoms with E-state index in [4.69, 9.17) is 5.26 Å². The number of ketones is 1. The van der Waals surface area contributed by atoms with E-state index in [-0.39, 0.29) is 12.2 Å². The molecule has 106 valence electrons. The van der Waals surface area contributed by atoms with E-state index in [2.05, 4.69) is 5.32 Å². The van der Waals surface area contributed by atoms with E-state index in [1.807, 2.05) is 44.2 Å². The minimum Gasteiger partial charge on any atom is -0.350 e. The quantitative estimate of drug-likeness (QED) is 0.775. The first-order valence-corrected chi connectivity index (χ1v) is 6.78. The fraction of sp³-hybridized carbons (Fsp3) is 0.438. The molecule has 0 heterocycles. The van der Waals surface area contributed by atoms with Gasteiger partial charge in [0.05, 0.1) is 6.07 Å². The monoisotopic (exact) mass is 272 g/mol. The van der Waals surface area contributed by atoms with Crippen LogP contribution < -0.4 is 5.32 Å². The maximum atomic E-state index is 11.9. The lowest BCUT2D eigenvalue weighted by molar-refractivity contribution is -0.131. The first kappa shape index (κ1) is 15.9. The second kappa shape index (κ2) is 8.11. The van der Waals surface area contributed by atoms with Crippen molar-refractivity contribution >= 4 is 11.7 Å². The zero-order chi connectivity index (χ0) is 15.0. The summed E-state index contributed by atoms with van der Waals surface area (Å²) in [6.07, 6.45) is 0.970. The van der Waals surface area contributed by atoms with E-state index in [1.165, 1.54) is 0 Å². The number of carbonyl (C=O) groups excluding carboxylic acids is 2. The van der Waals surface area contributed by atoms with Crippen LogP contribution in [0.2, 0.25) is 0 Å². The van der Waals surface area contributed by atoms with E-state index >= 15 is 0 Å². The predicted octanol–water partition coefficient (Wildman–Crippen LogP) is 2.45. The van der Waals surface area contributed by atoms with Crippen LogP contribution in [-0.2, 0) is 16.1 Å². The molecule has 1 rings (SSSR count). The smallest absolute Gasteiger partial charge is 0.245 e. The highest BCUT2D eigenvalue weighted by atomic mass is 16.2. The van der Waals surface area contributed by atoms with Gasteiger partial charge < -0.3 is 5.32 Å². The summed E-state index contributed by atoms with van der Waals surface area (Å²) in [5, 5.41) is 11.6. The largest absolute Gasteiger partial charge is 0.350 e. The molecule has 1 amide bonds. The molecule has 0 saturated carbocycles. The van der Waals surface area contributed by atoms with Gasteiger partial charge in [0.25, 0.3) is 0 Å². The highest BCUT2D eigenvalue weighted by molar-refractivity contribution is 6.03. The Kier molecular flexibility index (Phi) is 6.45. The summed E-state index contributed by atoms with van der Waals surface area (Å²) >= 11 is 0. The molecule has 0 aromatic heterocycles. The number of Topliss-reactive ketones (excluding diaryl/α,β-unsaturated/α-hetero) is 1. The third-order valence-electron chi connectivity index (χ3n) is 2.99. The van der Waals surface area contributed by atoms with Crippen LogP contribution in [0.4, 0.5) is 0 Å². The van der Waals surface area contributed by atoms with Gasteiger partial charge in [0.1, 0.15) is 0 Å². The van der Waals surface area contributed by atoms with Crippen molar-refractivity contribution in [3.8, 4) is 6.07 Å². The highest BCUT2D eigenvalue weighted by Crippen LogP contribution is 2.09. The van der Waals surface area contributed by atoms with Gasteiger partial charge in [-0.1, -0.05) is 44.2 Å². The lowest BCUT2D eigenvalue weighted by atomic mass is 9.97. The van der Waals surface area contributed by atoms with Crippen molar-refractivity contribution in [3.05, 3.63) is 35.9 Å². The molecule has 0 aliphatic carbocycles. The molecule has 4 heteroatoms. The Morgan fingerprint density at radius 1 is 1.25 bits per heavy atom. The molecule has 1 aromatic carbocycles. The molecule has 0 fully saturated rings. The molecule has 4 nitrogen and oxygen atoms in total. The highest BCUT2D eigenvalue weighted by Gasteiger charge is 2.25. The third-order valence-corrected chi connectivity index (χ3v) is 2.99. The second-order valence-electron chi connectivity index (χ2n) is 5.16. The standard InChI is InChI=1S/C16H20N2O2/c1-12(2)8-9-15(19)14(10-17)16(20)18-11-13-6-4-3-5-7-13/h3-7,12,14H,8-9,11H2,1-2H3,(H,18,20)/t14-/m0/s1. The maximum absolute atomic E-state index is 11.9. The lowest BCUT2D eigenvalue weighted by Crippen LogP contribution is -2.34. The predicted molar refractivity (Wildman–Crippen MR) is 76.5 cm³/mol. The van der Waals surface area contributed by atoms with Crippen LogP contribution in [0.5, 0.6) is 0 Å². The molecule has 1 aromatic rings. The van der Waals surface area contributed by atoms with Crippen molar-refractivity contribution in [1.29, 1.82) is 5.26 Å². The fourth-order valence-electron chi connectivity index (χ4n) is 1.74. The first-order chi connectivity index (χ1) is 9.54. The van der Waals surface area contributed by atoms with Gasteiger partial charge >= 0.3 is 0 Å². The number of hydrogen-bond donors (Lipinski definition) is 1. The van der Waals surface area contributed by atoms with Crippen LogP contribution in [0, 0.1) is 23.2 Å². The fourth-order valence-corrected chi connectivity index (χ4v) is 1.74. The maximum Gasteiger partial charge on any atom is 0.245 e. The minimum absolute atomic E-state index is 0.272. The molecule has 20 heavy (non-hydrogen) atoms. The number of rotatable bonds is 7. The van der Waals surface area contributed by atoms with Crippen molar-refractivity contribution in [2.24, 2.45) is 11.8 Å². The normalized spacial score (nSPS) is 11.7. The molecule has 0 unspecified atom stereocenters. The van der Waals surface area contributed by atoms with Gasteiger partial charge in [0.2, 0.25) is 5.91 Å². The molecule has 0 aliphatic rings. The van der Waals surface area contributed by atoms with E-state index in [0.717, 1.165) is 5.56 Å². The average molecular weight is 272 g/mol. The Bertz CT molecular complexity index is 489. The van der Waals surface area contributed by atoms with Crippen molar-refractivity contribution < 1.29 is 9.59 Å². The molecule has 1 N–H and O–H groups in total. The van der Waals surface area contributed by atoms with Gasteiger partial charge in [-0.2, -0.15) is 5.26 Å². The van der Waals surface area contributed by atoms with Gasteiger partial charge in [-0.05, 0) is 17.9 Å². The Hall–Kier alpha value is -2.15. The zero-order valence-corrected chi connectivity index (χ0v) is 11.9. The topological polar surface area (TPSA) is 70.0 Å². The molecular formula is C16H20N2O2. The van der Waals surface area contributed by atoms with Crippen molar-refractivity contribution in [3.63, 3.8) is 0 Å². The van der Waals surface area contributed by atoms with Crippen LogP contribution in [0.3, 0.4) is 0 Å². The van der Waals surface area contributed by atoms with Crippen LogP contribution in [0.1, 0.15) is 32.3 Å². The molecule has 0 saturated heterocycles. The third kappa shape index (κ3) is 5.23. The van der Waals surface area contributed by atoms with Crippen LogP contribution in [0.25, 0.3) is 0 Å². The summed E-state index contributed by atoms with van der Waals surface area (Å²) in [4.78, 5) is 23.7. The van der Waals surface area contributed by atoms with Crippen LogP contribution in [0.15, 0.2) is 30.3 Å². The second-order valence-corrected chi connectivity index (χ2v) is 5.16. The summed E-state index contributed by atoms with van der Waals surface area (Å²) in [5.74, 6) is -1.62. The molecule has 0 bridgehead atoms. The molecule has 0 aliphatic heterocycles. The summed E-state index contributed by atoms with van der Waals surface area (Å²) in [7, 11) is 0. The Morgan fingerprint density at radius 2 is 1.90 bits per heavy atom. The van der Waals surface area contributed by atoms with E-state index in [9.17, 15) is 9.59 Å². The number of hydrogen-bond acceptors (Lipinski definition) is 3. The van der Waals surface area contributed by atoms with Crippen molar-refractivity contribution in [2.45, 2.75) is 33.2 Å². The minimum atomic E-state index is -1.20. The van der Waals surface area contributed by atoms with E-state index < -0.39 is 11.8 Å². The summed E-state index contributed by atoms with van der Waals surface area (Å²) < 4.78 is 0. The number of nitriles is 1. The SMILES string of the molecule is CC(C)CCC(=O)[C@H](C#N)C(=O)NCc1ccccc1. The number of nitrogens with one attached hydrogen (secondary N) is 1. The van der Waals surface area contributed by atoms with Crippen LogP contribution in [-0.4, -0.2) is 11.7 Å². The Morgan fingerprint density at radius 3 is 2.45 bits per heavy atom. The Labute approximate surface area is 119 Å². The van der Waals surface area contributed by atoms with Gasteiger partial charge in [-0.25, -0.2) is 0 Å². The van der Waals surface area contributed by atoms with E-state index in [1.54, 1.807) is 6.07 Å².